The zero-order valence-corrected chi connectivity index (χ0v) is 12.5. The highest BCUT2D eigenvalue weighted by Gasteiger charge is 2.18. The van der Waals surface area contributed by atoms with E-state index in [1.807, 2.05) is 13.8 Å². The Hall–Kier alpha value is -2.24. The number of nitrogens with zero attached hydrogens (tertiary/aromatic N) is 2. The van der Waals surface area contributed by atoms with Crippen LogP contribution in [-0.2, 0) is 11.3 Å². The van der Waals surface area contributed by atoms with E-state index in [-0.39, 0.29) is 12.5 Å². The maximum atomic E-state index is 12.4. The average Bonchev–Trinajstić information content (AvgIpc) is 2.76. The first kappa shape index (κ1) is 15.2. The zero-order valence-electron chi connectivity index (χ0n) is 12.5. The molecule has 1 aromatic carbocycles. The summed E-state index contributed by atoms with van der Waals surface area (Å²) in [5, 5.41) is 0. The number of hydrogen-bond donors (Lipinski definition) is 1. The number of nitrogens with two attached hydrogens (primary N) is 1. The molecule has 2 aromatic rings. The standard InChI is InChI=1S/C15H21N3O3/c1-3-8-17(9-4-2)13(19)10-18-14-11(16)6-5-7-12(14)21-15(18)20/h5-7H,3-4,8-10,16H2,1-2H3. The number of rotatable bonds is 6. The molecule has 0 aliphatic rings. The Morgan fingerprint density at radius 1 is 1.29 bits per heavy atom. The molecule has 0 saturated carbocycles. The van der Waals surface area contributed by atoms with Crippen molar-refractivity contribution in [2.75, 3.05) is 18.8 Å². The van der Waals surface area contributed by atoms with Gasteiger partial charge in [-0.1, -0.05) is 19.9 Å². The second-order valence-electron chi connectivity index (χ2n) is 5.03. The molecule has 0 bridgehead atoms. The van der Waals surface area contributed by atoms with Gasteiger partial charge in [0.2, 0.25) is 5.91 Å². The Kier molecular flexibility index (Phi) is 4.67. The molecule has 0 spiro atoms. The van der Waals surface area contributed by atoms with Crippen molar-refractivity contribution in [2.24, 2.45) is 0 Å². The number of carbonyl (C=O) groups is 1. The van der Waals surface area contributed by atoms with E-state index in [0.717, 1.165) is 12.8 Å². The fourth-order valence-corrected chi connectivity index (χ4v) is 2.43. The normalized spacial score (nSPS) is 11.0. The lowest BCUT2D eigenvalue weighted by Crippen LogP contribution is -2.36. The van der Waals surface area contributed by atoms with Gasteiger partial charge in [0.1, 0.15) is 12.1 Å². The Balaban J connectivity index is 2.32. The number of para-hydroxylation sites is 1. The van der Waals surface area contributed by atoms with Crippen LogP contribution in [0, 0.1) is 0 Å². The first-order chi connectivity index (χ1) is 10.1. The van der Waals surface area contributed by atoms with Crippen LogP contribution in [0.2, 0.25) is 0 Å². The second-order valence-corrected chi connectivity index (χ2v) is 5.03. The first-order valence-electron chi connectivity index (χ1n) is 7.24. The topological polar surface area (TPSA) is 81.5 Å². The van der Waals surface area contributed by atoms with E-state index in [9.17, 15) is 9.59 Å². The summed E-state index contributed by atoms with van der Waals surface area (Å²) in [5.41, 5.74) is 7.23. The average molecular weight is 291 g/mol. The van der Waals surface area contributed by atoms with Crippen molar-refractivity contribution in [3.63, 3.8) is 0 Å². The summed E-state index contributed by atoms with van der Waals surface area (Å²) in [5.74, 6) is -0.643. The molecule has 1 amide bonds. The number of amides is 1. The summed E-state index contributed by atoms with van der Waals surface area (Å²) in [6, 6.07) is 5.07. The fourth-order valence-electron chi connectivity index (χ4n) is 2.43. The van der Waals surface area contributed by atoms with Gasteiger partial charge in [-0.25, -0.2) is 4.79 Å². The monoisotopic (exact) mass is 291 g/mol. The molecule has 0 unspecified atom stereocenters. The van der Waals surface area contributed by atoms with Crippen LogP contribution in [0.3, 0.4) is 0 Å². The van der Waals surface area contributed by atoms with Gasteiger partial charge in [-0.2, -0.15) is 0 Å². The third-order valence-electron chi connectivity index (χ3n) is 3.35. The molecule has 6 heteroatoms. The maximum absolute atomic E-state index is 12.4. The van der Waals surface area contributed by atoms with Gasteiger partial charge in [-0.15, -0.1) is 0 Å². The van der Waals surface area contributed by atoms with E-state index >= 15 is 0 Å². The van der Waals surface area contributed by atoms with Crippen molar-refractivity contribution in [2.45, 2.75) is 33.2 Å². The highest BCUT2D eigenvalue weighted by molar-refractivity contribution is 5.87. The minimum absolute atomic E-state index is 0.0416. The molecule has 21 heavy (non-hydrogen) atoms. The van der Waals surface area contributed by atoms with Gasteiger partial charge in [0, 0.05) is 13.1 Å². The molecule has 0 radical (unpaired) electrons. The maximum Gasteiger partial charge on any atom is 0.420 e. The molecule has 6 nitrogen and oxygen atoms in total. The first-order valence-corrected chi connectivity index (χ1v) is 7.24. The van der Waals surface area contributed by atoms with E-state index in [0.29, 0.717) is 29.9 Å². The van der Waals surface area contributed by atoms with Crippen LogP contribution in [-0.4, -0.2) is 28.5 Å². The lowest BCUT2D eigenvalue weighted by molar-refractivity contribution is -0.132. The molecule has 114 valence electrons. The quantitative estimate of drug-likeness (QED) is 0.823. The summed E-state index contributed by atoms with van der Waals surface area (Å²) in [4.78, 5) is 26.1. The lowest BCUT2D eigenvalue weighted by Gasteiger charge is -2.21. The van der Waals surface area contributed by atoms with Crippen LogP contribution in [0.15, 0.2) is 27.4 Å². The van der Waals surface area contributed by atoms with Gasteiger partial charge in [0.15, 0.2) is 5.58 Å². The Morgan fingerprint density at radius 2 is 1.95 bits per heavy atom. The Bertz CT molecular complexity index is 681. The predicted molar refractivity (Wildman–Crippen MR) is 82.0 cm³/mol. The largest absolute Gasteiger partial charge is 0.420 e. The van der Waals surface area contributed by atoms with Crippen molar-refractivity contribution in [1.82, 2.24) is 9.47 Å². The molecular formula is C15H21N3O3. The highest BCUT2D eigenvalue weighted by atomic mass is 16.4. The third kappa shape index (κ3) is 3.09. The van der Waals surface area contributed by atoms with E-state index in [1.165, 1.54) is 4.57 Å². The number of aromatic nitrogens is 1. The van der Waals surface area contributed by atoms with Crippen molar-refractivity contribution >= 4 is 22.7 Å². The van der Waals surface area contributed by atoms with Crippen molar-refractivity contribution in [3.05, 3.63) is 28.7 Å². The van der Waals surface area contributed by atoms with E-state index in [4.69, 9.17) is 10.2 Å². The van der Waals surface area contributed by atoms with Gasteiger partial charge in [-0.05, 0) is 25.0 Å². The van der Waals surface area contributed by atoms with Crippen molar-refractivity contribution in [1.29, 1.82) is 0 Å². The predicted octanol–water partition coefficient (Wildman–Crippen LogP) is 1.83. The molecule has 0 aliphatic heterocycles. The minimum Gasteiger partial charge on any atom is -0.408 e. The van der Waals surface area contributed by atoms with Crippen LogP contribution in [0.5, 0.6) is 0 Å². The molecule has 1 aromatic heterocycles. The summed E-state index contributed by atoms with van der Waals surface area (Å²) < 4.78 is 6.45. The lowest BCUT2D eigenvalue weighted by atomic mass is 10.3. The Labute approximate surface area is 123 Å². The van der Waals surface area contributed by atoms with E-state index in [2.05, 4.69) is 0 Å². The number of benzene rings is 1. The van der Waals surface area contributed by atoms with Gasteiger partial charge in [-0.3, -0.25) is 9.36 Å². The molecule has 0 aliphatic carbocycles. The number of carbonyl (C=O) groups excluding carboxylic acids is 1. The summed E-state index contributed by atoms with van der Waals surface area (Å²) in [6.07, 6.45) is 1.77. The van der Waals surface area contributed by atoms with E-state index < -0.39 is 5.76 Å². The fraction of sp³-hybridized carbons (Fsp3) is 0.467. The number of hydrogen-bond acceptors (Lipinski definition) is 4. The smallest absolute Gasteiger partial charge is 0.408 e. The van der Waals surface area contributed by atoms with Gasteiger partial charge in [0.05, 0.1) is 5.69 Å². The number of oxazole rings is 1. The number of fused-ring (bicyclic) bond motifs is 1. The SMILES string of the molecule is CCCN(CCC)C(=O)Cn1c(=O)oc2cccc(N)c21. The van der Waals surface area contributed by atoms with Gasteiger partial charge >= 0.3 is 5.76 Å². The van der Waals surface area contributed by atoms with E-state index in [1.54, 1.807) is 23.1 Å². The molecule has 1 heterocycles. The molecule has 0 saturated heterocycles. The minimum atomic E-state index is -0.552. The molecule has 2 rings (SSSR count). The van der Waals surface area contributed by atoms with Crippen molar-refractivity contribution in [3.8, 4) is 0 Å². The van der Waals surface area contributed by atoms with Crippen LogP contribution in [0.25, 0.3) is 11.1 Å². The molecule has 2 N–H and O–H groups in total. The molecular weight excluding hydrogens is 270 g/mol. The van der Waals surface area contributed by atoms with Crippen LogP contribution in [0.4, 0.5) is 5.69 Å². The highest BCUT2D eigenvalue weighted by Crippen LogP contribution is 2.19. The van der Waals surface area contributed by atoms with Crippen LogP contribution in [0.1, 0.15) is 26.7 Å². The summed E-state index contributed by atoms with van der Waals surface area (Å²) in [6.45, 7) is 5.38. The van der Waals surface area contributed by atoms with Gasteiger partial charge < -0.3 is 15.1 Å². The van der Waals surface area contributed by atoms with Gasteiger partial charge in [0.25, 0.3) is 0 Å². The molecule has 0 atom stereocenters. The number of nitrogen functional groups attached to an aromatic ring is 1. The number of anilines is 1. The summed E-state index contributed by atoms with van der Waals surface area (Å²) in [7, 11) is 0. The molecule has 0 fully saturated rings. The summed E-state index contributed by atoms with van der Waals surface area (Å²) >= 11 is 0. The van der Waals surface area contributed by atoms with Crippen molar-refractivity contribution < 1.29 is 9.21 Å². The van der Waals surface area contributed by atoms with Crippen LogP contribution >= 0.6 is 0 Å². The zero-order chi connectivity index (χ0) is 15.4. The van der Waals surface area contributed by atoms with Crippen LogP contribution < -0.4 is 11.5 Å². The third-order valence-corrected chi connectivity index (χ3v) is 3.35. The second kappa shape index (κ2) is 6.47. The Morgan fingerprint density at radius 3 is 2.57 bits per heavy atom.